The van der Waals surface area contributed by atoms with Crippen LogP contribution in [0.1, 0.15) is 10.4 Å². The molecule has 2 heterocycles. The minimum Gasteiger partial charge on any atom is -0.294 e. The molecule has 0 unspecified atom stereocenters. The number of hydrogen-bond acceptors (Lipinski definition) is 4. The predicted octanol–water partition coefficient (Wildman–Crippen LogP) is 3.97. The van der Waals surface area contributed by atoms with Crippen molar-refractivity contribution >= 4 is 22.6 Å². The number of pyridine rings is 1. The number of hydrogen-bond donors (Lipinski definition) is 0. The molecule has 0 aliphatic heterocycles. The van der Waals surface area contributed by atoms with E-state index in [1.807, 2.05) is 60.7 Å². The van der Waals surface area contributed by atoms with Gasteiger partial charge in [-0.3, -0.25) is 14.7 Å². The highest BCUT2D eigenvalue weighted by molar-refractivity contribution is 6.07. The van der Waals surface area contributed by atoms with E-state index in [1.165, 1.54) is 4.90 Å². The molecule has 0 radical (unpaired) electrons. The summed E-state index contributed by atoms with van der Waals surface area (Å²) in [7, 11) is 1.70. The third kappa shape index (κ3) is 3.02. The average molecular weight is 340 g/mol. The number of fused-ring (bicyclic) bond motifs is 1. The highest BCUT2D eigenvalue weighted by atomic mass is 16.2. The van der Waals surface area contributed by atoms with E-state index in [4.69, 9.17) is 0 Å². The molecule has 26 heavy (non-hydrogen) atoms. The molecule has 4 aromatic rings. The third-order valence-corrected chi connectivity index (χ3v) is 4.22. The maximum Gasteiger partial charge on any atom is 0.259 e. The summed E-state index contributed by atoms with van der Waals surface area (Å²) in [6, 6.07) is 22.7. The van der Waals surface area contributed by atoms with Gasteiger partial charge in [0.15, 0.2) is 5.82 Å². The van der Waals surface area contributed by atoms with Gasteiger partial charge in [0.2, 0.25) is 0 Å². The van der Waals surface area contributed by atoms with Gasteiger partial charge in [-0.1, -0.05) is 36.4 Å². The lowest BCUT2D eigenvalue weighted by Gasteiger charge is -2.16. The molecule has 0 N–H and O–H groups in total. The van der Waals surface area contributed by atoms with E-state index in [0.717, 1.165) is 22.2 Å². The fourth-order valence-electron chi connectivity index (χ4n) is 2.77. The fraction of sp³-hybridized carbons (Fsp3) is 0.0476. The second-order valence-electron chi connectivity index (χ2n) is 5.92. The number of nitrogens with zero attached hydrogens (tertiary/aromatic N) is 4. The molecule has 5 nitrogen and oxygen atoms in total. The van der Waals surface area contributed by atoms with Crippen LogP contribution in [0, 0.1) is 0 Å². The third-order valence-electron chi connectivity index (χ3n) is 4.22. The van der Waals surface area contributed by atoms with Gasteiger partial charge in [-0.05, 0) is 36.4 Å². The maximum atomic E-state index is 12.8. The Morgan fingerprint density at radius 2 is 1.73 bits per heavy atom. The van der Waals surface area contributed by atoms with Gasteiger partial charge in [0.05, 0.1) is 11.2 Å². The molecule has 0 spiro atoms. The largest absolute Gasteiger partial charge is 0.294 e. The molecule has 0 fully saturated rings. The Hall–Kier alpha value is -3.60. The standard InChI is InChI=1S/C21H16N4O/c1-25(20-12-11-19(23-24-20)15-6-3-2-4-7-15)21(26)17-9-10-18-16(14-17)8-5-13-22-18/h2-14H,1H3. The molecule has 2 aromatic heterocycles. The number of amides is 1. The van der Waals surface area contributed by atoms with E-state index < -0.39 is 0 Å². The van der Waals surface area contributed by atoms with Gasteiger partial charge in [-0.15, -0.1) is 10.2 Å². The summed E-state index contributed by atoms with van der Waals surface area (Å²) in [5, 5.41) is 9.38. The smallest absolute Gasteiger partial charge is 0.259 e. The van der Waals surface area contributed by atoms with E-state index in [-0.39, 0.29) is 5.91 Å². The van der Waals surface area contributed by atoms with Crippen molar-refractivity contribution in [2.75, 3.05) is 11.9 Å². The molecule has 2 aromatic carbocycles. The molecule has 0 aliphatic carbocycles. The van der Waals surface area contributed by atoms with Crippen molar-refractivity contribution in [1.29, 1.82) is 0 Å². The summed E-state index contributed by atoms with van der Waals surface area (Å²) in [6.45, 7) is 0. The quantitative estimate of drug-likeness (QED) is 0.566. The Labute approximate surface area is 151 Å². The molecule has 0 bridgehead atoms. The van der Waals surface area contributed by atoms with E-state index in [1.54, 1.807) is 25.4 Å². The van der Waals surface area contributed by atoms with Gasteiger partial charge in [0.1, 0.15) is 0 Å². The van der Waals surface area contributed by atoms with Crippen LogP contribution < -0.4 is 4.90 Å². The second-order valence-corrected chi connectivity index (χ2v) is 5.92. The molecule has 0 saturated carbocycles. The first kappa shape index (κ1) is 15.9. The van der Waals surface area contributed by atoms with Crippen LogP contribution in [0.2, 0.25) is 0 Å². The van der Waals surface area contributed by atoms with Crippen LogP contribution in [-0.2, 0) is 0 Å². The topological polar surface area (TPSA) is 59.0 Å². The summed E-state index contributed by atoms with van der Waals surface area (Å²) >= 11 is 0. The minimum absolute atomic E-state index is 0.141. The highest BCUT2D eigenvalue weighted by Crippen LogP contribution is 2.20. The zero-order valence-electron chi connectivity index (χ0n) is 14.2. The van der Waals surface area contributed by atoms with Crippen LogP contribution in [0.4, 0.5) is 5.82 Å². The second kappa shape index (κ2) is 6.72. The summed E-state index contributed by atoms with van der Waals surface area (Å²) in [6.07, 6.45) is 1.74. The number of anilines is 1. The molecule has 126 valence electrons. The SMILES string of the molecule is CN(C(=O)c1ccc2ncccc2c1)c1ccc(-c2ccccc2)nn1. The van der Waals surface area contributed by atoms with Gasteiger partial charge >= 0.3 is 0 Å². The Morgan fingerprint density at radius 3 is 2.50 bits per heavy atom. The van der Waals surface area contributed by atoms with Gasteiger partial charge in [0, 0.05) is 29.8 Å². The lowest BCUT2D eigenvalue weighted by atomic mass is 10.1. The number of benzene rings is 2. The maximum absolute atomic E-state index is 12.8. The van der Waals surface area contributed by atoms with Crippen molar-refractivity contribution in [2.24, 2.45) is 0 Å². The Kier molecular flexibility index (Phi) is 4.11. The van der Waals surface area contributed by atoms with Crippen molar-refractivity contribution < 1.29 is 4.79 Å². The Balaban J connectivity index is 1.59. The first-order chi connectivity index (χ1) is 12.7. The molecule has 0 atom stereocenters. The summed E-state index contributed by atoms with van der Waals surface area (Å²) in [5.41, 5.74) is 3.20. The number of aromatic nitrogens is 3. The zero-order chi connectivity index (χ0) is 17.9. The van der Waals surface area contributed by atoms with Crippen LogP contribution in [-0.4, -0.2) is 28.1 Å². The fourth-order valence-corrected chi connectivity index (χ4v) is 2.77. The van der Waals surface area contributed by atoms with Crippen molar-refractivity contribution in [3.63, 3.8) is 0 Å². The molecule has 4 rings (SSSR count). The van der Waals surface area contributed by atoms with Gasteiger partial charge < -0.3 is 0 Å². The highest BCUT2D eigenvalue weighted by Gasteiger charge is 2.15. The van der Waals surface area contributed by atoms with Crippen LogP contribution >= 0.6 is 0 Å². The summed E-state index contributed by atoms with van der Waals surface area (Å²) in [4.78, 5) is 18.6. The van der Waals surface area contributed by atoms with Crippen LogP contribution in [0.15, 0.2) is 79.0 Å². The molecule has 1 amide bonds. The Morgan fingerprint density at radius 1 is 0.885 bits per heavy atom. The van der Waals surface area contributed by atoms with Crippen molar-refractivity contribution in [3.8, 4) is 11.3 Å². The number of carbonyl (C=O) groups is 1. The monoisotopic (exact) mass is 340 g/mol. The lowest BCUT2D eigenvalue weighted by molar-refractivity contribution is 0.0992. The van der Waals surface area contributed by atoms with E-state index in [0.29, 0.717) is 11.4 Å². The van der Waals surface area contributed by atoms with Crippen LogP contribution in [0.3, 0.4) is 0 Å². The van der Waals surface area contributed by atoms with E-state index in [9.17, 15) is 4.79 Å². The average Bonchev–Trinajstić information content (AvgIpc) is 2.73. The van der Waals surface area contributed by atoms with Crippen molar-refractivity contribution in [2.45, 2.75) is 0 Å². The van der Waals surface area contributed by atoms with E-state index in [2.05, 4.69) is 15.2 Å². The van der Waals surface area contributed by atoms with Crippen LogP contribution in [0.5, 0.6) is 0 Å². The first-order valence-corrected chi connectivity index (χ1v) is 8.24. The molecule has 5 heteroatoms. The van der Waals surface area contributed by atoms with Crippen molar-refractivity contribution in [3.05, 3.63) is 84.6 Å². The zero-order valence-corrected chi connectivity index (χ0v) is 14.2. The number of carbonyl (C=O) groups excluding carboxylic acids is 1. The minimum atomic E-state index is -0.141. The van der Waals surface area contributed by atoms with Gasteiger partial charge in [0.25, 0.3) is 5.91 Å². The normalized spacial score (nSPS) is 10.7. The Bertz CT molecular complexity index is 1060. The van der Waals surface area contributed by atoms with E-state index >= 15 is 0 Å². The van der Waals surface area contributed by atoms with Crippen LogP contribution in [0.25, 0.3) is 22.2 Å². The first-order valence-electron chi connectivity index (χ1n) is 8.24. The summed E-state index contributed by atoms with van der Waals surface area (Å²) < 4.78 is 0. The predicted molar refractivity (Wildman–Crippen MR) is 102 cm³/mol. The lowest BCUT2D eigenvalue weighted by Crippen LogP contribution is -2.27. The molecular formula is C21H16N4O. The number of rotatable bonds is 3. The van der Waals surface area contributed by atoms with Gasteiger partial charge in [-0.2, -0.15) is 0 Å². The van der Waals surface area contributed by atoms with Crippen molar-refractivity contribution in [1.82, 2.24) is 15.2 Å². The summed E-state index contributed by atoms with van der Waals surface area (Å²) in [5.74, 6) is 0.360. The molecule has 0 saturated heterocycles. The molecular weight excluding hydrogens is 324 g/mol. The van der Waals surface area contributed by atoms with Gasteiger partial charge in [-0.25, -0.2) is 0 Å². The molecule has 0 aliphatic rings.